The molecule has 0 aliphatic heterocycles. The maximum Gasteiger partial charge on any atom is 0.274 e. The number of aliphatic hydroxyl groups is 1. The topological polar surface area (TPSA) is 178 Å². The van der Waals surface area contributed by atoms with E-state index in [1.54, 1.807) is 13.8 Å². The lowest BCUT2D eigenvalue weighted by molar-refractivity contribution is -0.126. The van der Waals surface area contributed by atoms with E-state index in [1.807, 2.05) is 6.07 Å². The molecule has 12 heteroatoms. The van der Waals surface area contributed by atoms with Crippen molar-refractivity contribution in [1.82, 2.24) is 25.9 Å². The molecule has 0 saturated heterocycles. The molecule has 1 atom stereocenters. The summed E-state index contributed by atoms with van der Waals surface area (Å²) in [6.45, 7) is 6.37. The molecule has 0 spiro atoms. The van der Waals surface area contributed by atoms with E-state index in [4.69, 9.17) is 27.8 Å². The predicted octanol–water partition coefficient (Wildman–Crippen LogP) is 0.746. The number of nitrogens with zero attached hydrogens (tertiary/aromatic N) is 2. The minimum absolute atomic E-state index is 0.0921. The molecular weight excluding hydrogens is 486 g/mol. The quantitative estimate of drug-likeness (QED) is 0.234. The predicted molar refractivity (Wildman–Crippen MR) is 138 cm³/mol. The summed E-state index contributed by atoms with van der Waals surface area (Å²) >= 11 is 5.82. The van der Waals surface area contributed by atoms with E-state index < -0.39 is 23.5 Å². The number of halogens is 1. The SMILES string of the molecule is Cc1ccc(OCC(O)CNCCNC(=O)C(C)(C)NC(=O)c2nc(Cl)c(N)nc2N)c2c1CCC2. The van der Waals surface area contributed by atoms with E-state index in [9.17, 15) is 14.7 Å². The highest BCUT2D eigenvalue weighted by molar-refractivity contribution is 6.31. The second-order valence-corrected chi connectivity index (χ2v) is 9.69. The molecule has 2 amide bonds. The van der Waals surface area contributed by atoms with Gasteiger partial charge in [-0.05, 0) is 62.8 Å². The fourth-order valence-corrected chi connectivity index (χ4v) is 4.12. The molecule has 0 fully saturated rings. The van der Waals surface area contributed by atoms with Crippen LogP contribution in [0.4, 0.5) is 11.6 Å². The van der Waals surface area contributed by atoms with E-state index in [-0.39, 0.29) is 35.6 Å². The number of aromatic nitrogens is 2. The Hall–Kier alpha value is -3.15. The van der Waals surface area contributed by atoms with Gasteiger partial charge in [-0.3, -0.25) is 9.59 Å². The van der Waals surface area contributed by atoms with Crippen LogP contribution < -0.4 is 32.2 Å². The maximum absolute atomic E-state index is 12.6. The Kier molecular flexibility index (Phi) is 8.93. The molecule has 1 aliphatic carbocycles. The Morgan fingerprint density at radius 3 is 2.64 bits per heavy atom. The molecule has 1 aliphatic rings. The Morgan fingerprint density at radius 2 is 1.89 bits per heavy atom. The van der Waals surface area contributed by atoms with Crippen molar-refractivity contribution in [1.29, 1.82) is 0 Å². The van der Waals surface area contributed by atoms with Crippen LogP contribution in [0.1, 0.15) is 47.4 Å². The number of amides is 2. The molecule has 36 heavy (non-hydrogen) atoms. The number of benzene rings is 1. The lowest BCUT2D eigenvalue weighted by Gasteiger charge is -2.25. The van der Waals surface area contributed by atoms with Crippen LogP contribution in [0, 0.1) is 6.92 Å². The minimum atomic E-state index is -1.26. The van der Waals surface area contributed by atoms with Gasteiger partial charge in [-0.1, -0.05) is 17.7 Å². The highest BCUT2D eigenvalue weighted by Gasteiger charge is 2.31. The van der Waals surface area contributed by atoms with Gasteiger partial charge in [0, 0.05) is 19.6 Å². The summed E-state index contributed by atoms with van der Waals surface area (Å²) in [5.74, 6) is -0.558. The number of hydrogen-bond acceptors (Lipinski definition) is 9. The molecule has 11 nitrogen and oxygen atoms in total. The number of rotatable bonds is 11. The maximum atomic E-state index is 12.6. The van der Waals surface area contributed by atoms with Gasteiger partial charge in [0.05, 0.1) is 0 Å². The van der Waals surface area contributed by atoms with Crippen LogP contribution in [-0.4, -0.2) is 64.8 Å². The van der Waals surface area contributed by atoms with Crippen LogP contribution in [-0.2, 0) is 17.6 Å². The van der Waals surface area contributed by atoms with Gasteiger partial charge in [0.25, 0.3) is 5.91 Å². The molecule has 0 bridgehead atoms. The highest BCUT2D eigenvalue weighted by atomic mass is 35.5. The van der Waals surface area contributed by atoms with Crippen molar-refractivity contribution < 1.29 is 19.4 Å². The third-order valence-electron chi connectivity index (χ3n) is 5.99. The summed E-state index contributed by atoms with van der Waals surface area (Å²) in [5, 5.41) is 18.5. The van der Waals surface area contributed by atoms with Crippen molar-refractivity contribution in [2.75, 3.05) is 37.7 Å². The number of nitrogens with one attached hydrogen (secondary N) is 3. The summed E-state index contributed by atoms with van der Waals surface area (Å²) in [7, 11) is 0. The van der Waals surface area contributed by atoms with Crippen molar-refractivity contribution in [3.05, 3.63) is 39.7 Å². The smallest absolute Gasteiger partial charge is 0.274 e. The zero-order chi connectivity index (χ0) is 26.5. The first kappa shape index (κ1) is 27.4. The first-order valence-electron chi connectivity index (χ1n) is 11.8. The molecule has 1 aromatic carbocycles. The van der Waals surface area contributed by atoms with Crippen LogP contribution in [0.5, 0.6) is 5.75 Å². The molecule has 1 aromatic heterocycles. The largest absolute Gasteiger partial charge is 0.491 e. The van der Waals surface area contributed by atoms with Crippen LogP contribution in [0.3, 0.4) is 0 Å². The Morgan fingerprint density at radius 1 is 1.17 bits per heavy atom. The van der Waals surface area contributed by atoms with Gasteiger partial charge in [-0.15, -0.1) is 0 Å². The first-order valence-corrected chi connectivity index (χ1v) is 12.2. The highest BCUT2D eigenvalue weighted by Crippen LogP contribution is 2.33. The number of anilines is 2. The number of ether oxygens (including phenoxy) is 1. The molecule has 1 heterocycles. The Balaban J connectivity index is 1.37. The summed E-state index contributed by atoms with van der Waals surface area (Å²) in [6, 6.07) is 4.03. The zero-order valence-corrected chi connectivity index (χ0v) is 21.5. The van der Waals surface area contributed by atoms with E-state index in [0.29, 0.717) is 13.1 Å². The summed E-state index contributed by atoms with van der Waals surface area (Å²) in [5.41, 5.74) is 13.6. The van der Waals surface area contributed by atoms with Gasteiger partial charge in [-0.2, -0.15) is 0 Å². The van der Waals surface area contributed by atoms with E-state index in [2.05, 4.69) is 38.9 Å². The third kappa shape index (κ3) is 6.74. The fourth-order valence-electron chi connectivity index (χ4n) is 4.00. The lowest BCUT2D eigenvalue weighted by atomic mass is 10.0. The summed E-state index contributed by atoms with van der Waals surface area (Å²) in [6.07, 6.45) is 2.51. The molecule has 8 N–H and O–H groups in total. The zero-order valence-electron chi connectivity index (χ0n) is 20.8. The van der Waals surface area contributed by atoms with Gasteiger partial charge in [0.1, 0.15) is 24.0 Å². The van der Waals surface area contributed by atoms with Gasteiger partial charge < -0.3 is 37.3 Å². The first-order chi connectivity index (χ1) is 17.0. The van der Waals surface area contributed by atoms with E-state index >= 15 is 0 Å². The number of carbonyl (C=O) groups is 2. The second-order valence-electron chi connectivity index (χ2n) is 9.33. The van der Waals surface area contributed by atoms with Crippen molar-refractivity contribution in [3.8, 4) is 5.75 Å². The number of hydrogen-bond donors (Lipinski definition) is 6. The van der Waals surface area contributed by atoms with Gasteiger partial charge in [-0.25, -0.2) is 9.97 Å². The van der Waals surface area contributed by atoms with Crippen LogP contribution in [0.15, 0.2) is 12.1 Å². The van der Waals surface area contributed by atoms with Crippen LogP contribution in [0.2, 0.25) is 5.15 Å². The number of aryl methyl sites for hydroxylation is 1. The van der Waals surface area contributed by atoms with Crippen molar-refractivity contribution in [2.24, 2.45) is 0 Å². The van der Waals surface area contributed by atoms with E-state index in [1.165, 1.54) is 16.7 Å². The van der Waals surface area contributed by atoms with Crippen LogP contribution in [0.25, 0.3) is 0 Å². The van der Waals surface area contributed by atoms with Gasteiger partial charge >= 0.3 is 0 Å². The number of aliphatic hydroxyl groups excluding tert-OH is 1. The van der Waals surface area contributed by atoms with Gasteiger partial charge in [0.15, 0.2) is 22.5 Å². The number of nitrogens with two attached hydrogens (primary N) is 2. The number of carbonyl (C=O) groups excluding carboxylic acids is 2. The minimum Gasteiger partial charge on any atom is -0.491 e. The standard InChI is InChI=1S/C24H34ClN7O4/c1-13-7-8-17(16-6-4-5-15(13)16)36-12-14(33)11-28-9-10-29-23(35)24(2,3)32-22(34)18-20(26)31-21(27)19(25)30-18/h7-8,14,28,33H,4-6,9-12H2,1-3H3,(H,29,35)(H,32,34)(H4,26,27,31). The average Bonchev–Trinajstić information content (AvgIpc) is 3.31. The van der Waals surface area contributed by atoms with Crippen molar-refractivity contribution in [2.45, 2.75) is 51.7 Å². The normalized spacial score (nSPS) is 13.7. The van der Waals surface area contributed by atoms with Crippen molar-refractivity contribution in [3.63, 3.8) is 0 Å². The number of nitrogen functional groups attached to an aromatic ring is 2. The molecule has 3 rings (SSSR count). The third-order valence-corrected chi connectivity index (χ3v) is 6.27. The van der Waals surface area contributed by atoms with Crippen LogP contribution >= 0.6 is 11.6 Å². The van der Waals surface area contributed by atoms with Crippen molar-refractivity contribution >= 4 is 35.1 Å². The lowest BCUT2D eigenvalue weighted by Crippen LogP contribution is -2.55. The summed E-state index contributed by atoms with van der Waals surface area (Å²) < 4.78 is 5.87. The molecule has 196 valence electrons. The molecular formula is C24H34ClN7O4. The monoisotopic (exact) mass is 519 g/mol. The van der Waals surface area contributed by atoms with Gasteiger partial charge in [0.2, 0.25) is 5.91 Å². The molecule has 0 saturated carbocycles. The average molecular weight is 520 g/mol. The molecule has 0 radical (unpaired) electrons. The summed E-state index contributed by atoms with van der Waals surface area (Å²) in [4.78, 5) is 32.7. The number of fused-ring (bicyclic) bond motifs is 1. The van der Waals surface area contributed by atoms with E-state index in [0.717, 1.165) is 25.0 Å². The Bertz CT molecular complexity index is 1130. The molecule has 1 unspecified atom stereocenters. The Labute approximate surface area is 215 Å². The second kappa shape index (κ2) is 11.7. The molecule has 2 aromatic rings. The fraction of sp³-hybridized carbons (Fsp3) is 0.500.